The first kappa shape index (κ1) is 17.7. The fourth-order valence-electron chi connectivity index (χ4n) is 3.30. The molecule has 0 aromatic carbocycles. The normalized spacial score (nSPS) is 16.5. The van der Waals surface area contributed by atoms with Crippen molar-refractivity contribution in [3.63, 3.8) is 0 Å². The van der Waals surface area contributed by atoms with Gasteiger partial charge in [0, 0.05) is 31.5 Å². The summed E-state index contributed by atoms with van der Waals surface area (Å²) in [6, 6.07) is 1.68. The van der Waals surface area contributed by atoms with Gasteiger partial charge in [0.15, 0.2) is 0 Å². The Kier molecular flexibility index (Phi) is 5.58. The minimum absolute atomic E-state index is 0.0660. The van der Waals surface area contributed by atoms with Crippen LogP contribution < -0.4 is 5.56 Å². The third-order valence-corrected chi connectivity index (χ3v) is 5.01. The molecule has 1 aliphatic rings. The van der Waals surface area contributed by atoms with Gasteiger partial charge in [-0.1, -0.05) is 13.8 Å². The average molecular weight is 341 g/mol. The number of nitrogens with zero attached hydrogens (tertiary/aromatic N) is 5. The summed E-state index contributed by atoms with van der Waals surface area (Å²) in [5, 5.41) is 0. The van der Waals surface area contributed by atoms with Crippen molar-refractivity contribution in [2.75, 3.05) is 13.1 Å². The van der Waals surface area contributed by atoms with E-state index in [1.54, 1.807) is 29.4 Å². The van der Waals surface area contributed by atoms with Crippen LogP contribution in [-0.2, 0) is 13.1 Å². The molecule has 0 amide bonds. The quantitative estimate of drug-likeness (QED) is 0.835. The average Bonchev–Trinajstić information content (AvgIpc) is 2.60. The van der Waals surface area contributed by atoms with E-state index in [-0.39, 0.29) is 11.5 Å². The van der Waals surface area contributed by atoms with Gasteiger partial charge in [-0.05, 0) is 44.7 Å². The summed E-state index contributed by atoms with van der Waals surface area (Å²) >= 11 is 0. The minimum Gasteiger partial charge on any atom is -0.299 e. The number of aryl methyl sites for hydroxylation is 1. The molecule has 0 spiro atoms. The molecular formula is C19H27N5O. The monoisotopic (exact) mass is 341 g/mol. The molecule has 3 heterocycles. The van der Waals surface area contributed by atoms with Crippen molar-refractivity contribution in [1.82, 2.24) is 24.4 Å². The maximum Gasteiger partial charge on any atom is 0.253 e. The highest BCUT2D eigenvalue weighted by molar-refractivity contribution is 5.08. The summed E-state index contributed by atoms with van der Waals surface area (Å²) in [4.78, 5) is 27.9. The van der Waals surface area contributed by atoms with Gasteiger partial charge in [-0.25, -0.2) is 4.98 Å². The second-order valence-electron chi connectivity index (χ2n) is 7.27. The van der Waals surface area contributed by atoms with Crippen LogP contribution in [0.5, 0.6) is 0 Å². The summed E-state index contributed by atoms with van der Waals surface area (Å²) < 4.78 is 1.76. The van der Waals surface area contributed by atoms with Crippen molar-refractivity contribution >= 4 is 0 Å². The van der Waals surface area contributed by atoms with Crippen LogP contribution >= 0.6 is 0 Å². The van der Waals surface area contributed by atoms with Gasteiger partial charge in [-0.15, -0.1) is 0 Å². The van der Waals surface area contributed by atoms with Crippen LogP contribution in [-0.4, -0.2) is 37.5 Å². The summed E-state index contributed by atoms with van der Waals surface area (Å²) in [6.07, 6.45) is 7.40. The Morgan fingerprint density at radius 1 is 1.16 bits per heavy atom. The third-order valence-electron chi connectivity index (χ3n) is 5.01. The number of hydrogen-bond acceptors (Lipinski definition) is 5. The summed E-state index contributed by atoms with van der Waals surface area (Å²) in [7, 11) is 0. The van der Waals surface area contributed by atoms with Crippen molar-refractivity contribution in [2.24, 2.45) is 5.92 Å². The Balaban J connectivity index is 1.54. The zero-order chi connectivity index (χ0) is 17.8. The predicted octanol–water partition coefficient (Wildman–Crippen LogP) is 2.38. The number of hydrogen-bond donors (Lipinski definition) is 0. The van der Waals surface area contributed by atoms with E-state index in [1.807, 2.05) is 6.92 Å². The molecule has 134 valence electrons. The van der Waals surface area contributed by atoms with Crippen molar-refractivity contribution in [3.8, 4) is 0 Å². The van der Waals surface area contributed by atoms with E-state index in [1.165, 1.54) is 0 Å². The molecule has 0 unspecified atom stereocenters. The molecular weight excluding hydrogens is 314 g/mol. The molecule has 2 aromatic heterocycles. The van der Waals surface area contributed by atoms with Gasteiger partial charge in [0.25, 0.3) is 5.56 Å². The van der Waals surface area contributed by atoms with Crippen LogP contribution in [0, 0.1) is 12.8 Å². The van der Waals surface area contributed by atoms with Crippen molar-refractivity contribution in [1.29, 1.82) is 0 Å². The molecule has 2 aromatic rings. The van der Waals surface area contributed by atoms with Crippen LogP contribution in [0.4, 0.5) is 0 Å². The Bertz CT molecular complexity index is 762. The number of piperidine rings is 1. The van der Waals surface area contributed by atoms with E-state index in [0.29, 0.717) is 5.92 Å². The minimum atomic E-state index is 0.0660. The van der Waals surface area contributed by atoms with Crippen molar-refractivity contribution in [3.05, 3.63) is 52.2 Å². The lowest BCUT2D eigenvalue weighted by Gasteiger charge is -2.32. The van der Waals surface area contributed by atoms with Gasteiger partial charge in [0.05, 0.1) is 23.4 Å². The van der Waals surface area contributed by atoms with E-state index in [0.717, 1.165) is 56.1 Å². The highest BCUT2D eigenvalue weighted by atomic mass is 16.1. The highest BCUT2D eigenvalue weighted by Crippen LogP contribution is 2.20. The zero-order valence-corrected chi connectivity index (χ0v) is 15.4. The first-order chi connectivity index (χ1) is 12.0. The lowest BCUT2D eigenvalue weighted by Crippen LogP contribution is -2.36. The molecule has 0 atom stereocenters. The zero-order valence-electron chi connectivity index (χ0n) is 15.4. The van der Waals surface area contributed by atoms with E-state index >= 15 is 0 Å². The van der Waals surface area contributed by atoms with Crippen molar-refractivity contribution in [2.45, 2.75) is 52.6 Å². The Morgan fingerprint density at radius 2 is 1.88 bits per heavy atom. The molecule has 3 rings (SSSR count). The lowest BCUT2D eigenvalue weighted by molar-refractivity contribution is 0.164. The Labute approximate surface area is 149 Å². The van der Waals surface area contributed by atoms with Crippen LogP contribution in [0.2, 0.25) is 0 Å². The molecule has 1 fully saturated rings. The molecule has 25 heavy (non-hydrogen) atoms. The topological polar surface area (TPSA) is 63.9 Å². The van der Waals surface area contributed by atoms with Gasteiger partial charge in [-0.3, -0.25) is 24.2 Å². The molecule has 6 nitrogen and oxygen atoms in total. The number of rotatable bonds is 5. The fourth-order valence-corrected chi connectivity index (χ4v) is 3.30. The van der Waals surface area contributed by atoms with E-state index < -0.39 is 0 Å². The largest absolute Gasteiger partial charge is 0.299 e. The molecule has 1 saturated heterocycles. The van der Waals surface area contributed by atoms with Gasteiger partial charge in [0.2, 0.25) is 0 Å². The first-order valence-corrected chi connectivity index (χ1v) is 9.08. The summed E-state index contributed by atoms with van der Waals surface area (Å²) in [5.41, 5.74) is 3.00. The van der Waals surface area contributed by atoms with Gasteiger partial charge >= 0.3 is 0 Å². The van der Waals surface area contributed by atoms with E-state index in [4.69, 9.17) is 0 Å². The molecule has 1 aliphatic heterocycles. The Hall–Kier alpha value is -2.08. The second-order valence-corrected chi connectivity index (χ2v) is 7.27. The second kappa shape index (κ2) is 7.87. The molecule has 6 heteroatoms. The first-order valence-electron chi connectivity index (χ1n) is 9.08. The summed E-state index contributed by atoms with van der Waals surface area (Å²) in [6.45, 7) is 9.82. The van der Waals surface area contributed by atoms with Crippen molar-refractivity contribution < 1.29 is 0 Å². The standard InChI is InChI=1S/C19H27N5O/c1-14(2)17-10-19(25)24(13-22-17)11-16-4-8-23(9-5-16)12-18-15(3)20-6-7-21-18/h6-7,10,13-14,16H,4-5,8-9,11-12H2,1-3H3. The van der Waals surface area contributed by atoms with E-state index in [9.17, 15) is 4.79 Å². The van der Waals surface area contributed by atoms with Gasteiger partial charge in [0.1, 0.15) is 0 Å². The summed E-state index contributed by atoms with van der Waals surface area (Å²) in [5.74, 6) is 0.818. The SMILES string of the molecule is Cc1nccnc1CN1CCC(Cn2cnc(C(C)C)cc2=O)CC1. The van der Waals surface area contributed by atoms with Gasteiger partial charge < -0.3 is 0 Å². The van der Waals surface area contributed by atoms with Crippen LogP contribution in [0.1, 0.15) is 49.7 Å². The maximum absolute atomic E-state index is 12.3. The molecule has 0 bridgehead atoms. The molecule has 0 aliphatic carbocycles. The van der Waals surface area contributed by atoms with Crippen LogP contribution in [0.15, 0.2) is 29.6 Å². The highest BCUT2D eigenvalue weighted by Gasteiger charge is 2.21. The van der Waals surface area contributed by atoms with Gasteiger partial charge in [-0.2, -0.15) is 0 Å². The molecule has 0 saturated carbocycles. The van der Waals surface area contributed by atoms with E-state index in [2.05, 4.69) is 33.7 Å². The van der Waals surface area contributed by atoms with Crippen LogP contribution in [0.3, 0.4) is 0 Å². The Morgan fingerprint density at radius 3 is 2.52 bits per heavy atom. The molecule has 0 radical (unpaired) electrons. The number of likely N-dealkylation sites (tertiary alicyclic amines) is 1. The smallest absolute Gasteiger partial charge is 0.253 e. The lowest BCUT2D eigenvalue weighted by atomic mass is 9.96. The van der Waals surface area contributed by atoms with Crippen LogP contribution in [0.25, 0.3) is 0 Å². The molecule has 0 N–H and O–H groups in total. The number of aromatic nitrogens is 4. The predicted molar refractivity (Wildman–Crippen MR) is 97.4 cm³/mol. The fraction of sp³-hybridized carbons (Fsp3) is 0.579. The third kappa shape index (κ3) is 4.51. The maximum atomic E-state index is 12.3.